The van der Waals surface area contributed by atoms with Gasteiger partial charge in [0.2, 0.25) is 0 Å². The number of carbonyl (C=O) groups is 1. The number of hydrogen-bond acceptors (Lipinski definition) is 3. The maximum absolute atomic E-state index is 11.1. The van der Waals surface area contributed by atoms with Crippen molar-refractivity contribution < 1.29 is 4.79 Å². The van der Waals surface area contributed by atoms with Gasteiger partial charge in [-0.2, -0.15) is 0 Å². The Morgan fingerprint density at radius 2 is 1.81 bits per heavy atom. The van der Waals surface area contributed by atoms with Gasteiger partial charge in [0.05, 0.1) is 12.2 Å². The third kappa shape index (κ3) is 3.78. The van der Waals surface area contributed by atoms with Crippen LogP contribution in [0.5, 0.6) is 0 Å². The highest BCUT2D eigenvalue weighted by atomic mass is 16.1. The van der Waals surface area contributed by atoms with Gasteiger partial charge in [-0.25, -0.2) is 4.68 Å². The van der Waals surface area contributed by atoms with Gasteiger partial charge in [-0.3, -0.25) is 4.79 Å². The first-order valence-electron chi connectivity index (χ1n) is 7.47. The van der Waals surface area contributed by atoms with Crippen molar-refractivity contribution in [2.45, 2.75) is 46.6 Å². The van der Waals surface area contributed by atoms with E-state index in [-0.39, 0.29) is 0 Å². The number of aldehydes is 1. The molecule has 0 aliphatic rings. The molecule has 0 saturated carbocycles. The van der Waals surface area contributed by atoms with Crippen LogP contribution in [0.1, 0.15) is 60.9 Å². The molecule has 0 fully saturated rings. The van der Waals surface area contributed by atoms with Crippen molar-refractivity contribution in [3.63, 3.8) is 0 Å². The summed E-state index contributed by atoms with van der Waals surface area (Å²) in [6, 6.07) is 8.55. The van der Waals surface area contributed by atoms with E-state index in [4.69, 9.17) is 0 Å². The minimum Gasteiger partial charge on any atom is -0.296 e. The van der Waals surface area contributed by atoms with Gasteiger partial charge in [-0.15, -0.1) is 5.10 Å². The number of hydrogen-bond donors (Lipinski definition) is 0. The molecule has 0 N–H and O–H groups in total. The molecule has 1 heterocycles. The minimum atomic E-state index is 0.461. The second-order valence-corrected chi connectivity index (χ2v) is 6.19. The van der Waals surface area contributed by atoms with Crippen LogP contribution in [0.2, 0.25) is 0 Å². The molecule has 112 valence electrons. The van der Waals surface area contributed by atoms with Gasteiger partial charge >= 0.3 is 0 Å². The maximum atomic E-state index is 11.1. The largest absolute Gasteiger partial charge is 0.296 e. The molecule has 2 rings (SSSR count). The van der Waals surface area contributed by atoms with Crippen molar-refractivity contribution in [1.29, 1.82) is 0 Å². The summed E-state index contributed by atoms with van der Waals surface area (Å²) in [7, 11) is 0. The monoisotopic (exact) mass is 285 g/mol. The molecule has 4 heteroatoms. The normalized spacial score (nSPS) is 11.3. The lowest BCUT2D eigenvalue weighted by molar-refractivity contribution is 0.111. The molecular formula is C17H23N3O. The Bertz CT molecular complexity index is 597. The zero-order valence-corrected chi connectivity index (χ0v) is 13.2. The van der Waals surface area contributed by atoms with E-state index in [0.29, 0.717) is 24.1 Å². The standard InChI is InChI=1S/C17H23N3O/c1-12(2)9-17-16(11-21)18-19-20(17)10-14-5-7-15(8-6-14)13(3)4/h5-8,11-13H,9-10H2,1-4H3. The molecule has 0 amide bonds. The predicted octanol–water partition coefficient (Wildman–Crippen LogP) is 3.46. The first-order valence-corrected chi connectivity index (χ1v) is 7.47. The summed E-state index contributed by atoms with van der Waals surface area (Å²) in [4.78, 5) is 11.1. The van der Waals surface area contributed by atoms with Gasteiger partial charge in [-0.1, -0.05) is 57.2 Å². The van der Waals surface area contributed by atoms with Crippen molar-refractivity contribution in [2.75, 3.05) is 0 Å². The van der Waals surface area contributed by atoms with Crippen LogP contribution < -0.4 is 0 Å². The summed E-state index contributed by atoms with van der Waals surface area (Å²) in [6.45, 7) is 9.28. The molecule has 0 aliphatic carbocycles. The number of nitrogens with zero attached hydrogens (tertiary/aromatic N) is 3. The molecule has 0 saturated heterocycles. The summed E-state index contributed by atoms with van der Waals surface area (Å²) in [5.74, 6) is 0.993. The molecular weight excluding hydrogens is 262 g/mol. The summed E-state index contributed by atoms with van der Waals surface area (Å²) in [5.41, 5.74) is 3.88. The smallest absolute Gasteiger partial charge is 0.172 e. The molecule has 2 aromatic rings. The Kier molecular flexibility index (Phi) is 4.89. The third-order valence-corrected chi connectivity index (χ3v) is 3.56. The van der Waals surface area contributed by atoms with Crippen LogP contribution in [0.3, 0.4) is 0 Å². The molecule has 0 radical (unpaired) electrons. The zero-order chi connectivity index (χ0) is 15.4. The average Bonchev–Trinajstić information content (AvgIpc) is 2.81. The van der Waals surface area contributed by atoms with Crippen molar-refractivity contribution in [1.82, 2.24) is 15.0 Å². The molecule has 0 unspecified atom stereocenters. The van der Waals surface area contributed by atoms with Crippen LogP contribution in [0, 0.1) is 5.92 Å². The van der Waals surface area contributed by atoms with Crippen molar-refractivity contribution in [3.05, 3.63) is 46.8 Å². The highest BCUT2D eigenvalue weighted by Gasteiger charge is 2.14. The Morgan fingerprint density at radius 3 is 2.33 bits per heavy atom. The second kappa shape index (κ2) is 6.66. The van der Waals surface area contributed by atoms with E-state index in [0.717, 1.165) is 18.4 Å². The first kappa shape index (κ1) is 15.4. The Balaban J connectivity index is 2.22. The van der Waals surface area contributed by atoms with E-state index >= 15 is 0 Å². The summed E-state index contributed by atoms with van der Waals surface area (Å²) in [5, 5.41) is 8.10. The topological polar surface area (TPSA) is 47.8 Å². The van der Waals surface area contributed by atoms with Gasteiger partial charge in [-0.05, 0) is 29.4 Å². The van der Waals surface area contributed by atoms with E-state index in [2.05, 4.69) is 62.3 Å². The molecule has 1 aromatic carbocycles. The number of benzene rings is 1. The average molecular weight is 285 g/mol. The van der Waals surface area contributed by atoms with Gasteiger partial charge in [0.25, 0.3) is 0 Å². The highest BCUT2D eigenvalue weighted by molar-refractivity contribution is 5.73. The molecule has 0 spiro atoms. The van der Waals surface area contributed by atoms with Gasteiger partial charge < -0.3 is 0 Å². The van der Waals surface area contributed by atoms with Crippen LogP contribution in [0.15, 0.2) is 24.3 Å². The number of carbonyl (C=O) groups excluding carboxylic acids is 1. The van der Waals surface area contributed by atoms with Crippen LogP contribution in [-0.4, -0.2) is 21.3 Å². The lowest BCUT2D eigenvalue weighted by atomic mass is 10.0. The van der Waals surface area contributed by atoms with E-state index < -0.39 is 0 Å². The van der Waals surface area contributed by atoms with E-state index in [1.807, 2.05) is 4.68 Å². The Morgan fingerprint density at radius 1 is 1.14 bits per heavy atom. The van der Waals surface area contributed by atoms with Gasteiger partial charge in [0, 0.05) is 0 Å². The Hall–Kier alpha value is -1.97. The van der Waals surface area contributed by atoms with E-state index in [1.165, 1.54) is 11.1 Å². The van der Waals surface area contributed by atoms with Crippen molar-refractivity contribution in [3.8, 4) is 0 Å². The van der Waals surface area contributed by atoms with E-state index in [9.17, 15) is 4.79 Å². The third-order valence-electron chi connectivity index (χ3n) is 3.56. The lowest BCUT2D eigenvalue weighted by Gasteiger charge is -2.10. The SMILES string of the molecule is CC(C)Cc1c(C=O)nnn1Cc1ccc(C(C)C)cc1. The molecule has 0 atom stereocenters. The summed E-state index contributed by atoms with van der Waals surface area (Å²) >= 11 is 0. The highest BCUT2D eigenvalue weighted by Crippen LogP contribution is 2.17. The Labute approximate surface area is 126 Å². The van der Waals surface area contributed by atoms with Crippen LogP contribution in [0.4, 0.5) is 0 Å². The van der Waals surface area contributed by atoms with Crippen LogP contribution in [-0.2, 0) is 13.0 Å². The second-order valence-electron chi connectivity index (χ2n) is 6.19. The fraction of sp³-hybridized carbons (Fsp3) is 0.471. The quantitative estimate of drug-likeness (QED) is 0.764. The fourth-order valence-electron chi connectivity index (χ4n) is 2.34. The van der Waals surface area contributed by atoms with Crippen molar-refractivity contribution in [2.24, 2.45) is 5.92 Å². The van der Waals surface area contributed by atoms with Crippen molar-refractivity contribution >= 4 is 6.29 Å². The first-order chi connectivity index (χ1) is 10.0. The maximum Gasteiger partial charge on any atom is 0.172 e. The lowest BCUT2D eigenvalue weighted by Crippen LogP contribution is -2.10. The van der Waals surface area contributed by atoms with Gasteiger partial charge in [0.15, 0.2) is 6.29 Å². The molecule has 4 nitrogen and oxygen atoms in total. The molecule has 0 aliphatic heterocycles. The molecule has 0 bridgehead atoms. The van der Waals surface area contributed by atoms with Gasteiger partial charge in [0.1, 0.15) is 5.69 Å². The minimum absolute atomic E-state index is 0.461. The fourth-order valence-corrected chi connectivity index (χ4v) is 2.34. The van der Waals surface area contributed by atoms with Crippen LogP contribution in [0.25, 0.3) is 0 Å². The van der Waals surface area contributed by atoms with E-state index in [1.54, 1.807) is 0 Å². The predicted molar refractivity (Wildman–Crippen MR) is 83.6 cm³/mol. The molecule has 21 heavy (non-hydrogen) atoms. The number of rotatable bonds is 6. The summed E-state index contributed by atoms with van der Waals surface area (Å²) in [6.07, 6.45) is 1.61. The van der Waals surface area contributed by atoms with Crippen LogP contribution >= 0.6 is 0 Å². The number of aromatic nitrogens is 3. The summed E-state index contributed by atoms with van der Waals surface area (Å²) < 4.78 is 1.84. The molecule has 1 aromatic heterocycles. The zero-order valence-electron chi connectivity index (χ0n) is 13.2.